The summed E-state index contributed by atoms with van der Waals surface area (Å²) in [7, 11) is 0. The third-order valence-corrected chi connectivity index (χ3v) is 2.99. The fourth-order valence-corrected chi connectivity index (χ4v) is 1.92. The van der Waals surface area contributed by atoms with Crippen LogP contribution in [0.5, 0.6) is 0 Å². The molecule has 0 aliphatic rings. The van der Waals surface area contributed by atoms with Gasteiger partial charge in [0.25, 0.3) is 0 Å². The van der Waals surface area contributed by atoms with Gasteiger partial charge in [-0.2, -0.15) is 5.10 Å². The highest BCUT2D eigenvalue weighted by Crippen LogP contribution is 2.20. The van der Waals surface area contributed by atoms with Gasteiger partial charge in [-0.05, 0) is 35.0 Å². The number of aryl methyl sites for hydroxylation is 1. The second-order valence-corrected chi connectivity index (χ2v) is 4.19. The van der Waals surface area contributed by atoms with Gasteiger partial charge in [0.2, 0.25) is 0 Å². The van der Waals surface area contributed by atoms with Crippen LogP contribution in [0.3, 0.4) is 0 Å². The fraction of sp³-hybridized carbons (Fsp3) is 0.182. The molecule has 0 aliphatic carbocycles. The molecule has 3 nitrogen and oxygen atoms in total. The zero-order chi connectivity index (χ0) is 10.8. The van der Waals surface area contributed by atoms with Crippen molar-refractivity contribution in [3.05, 3.63) is 46.2 Å². The maximum absolute atomic E-state index is 5.62. The number of nitrogens with zero attached hydrogens (tertiary/aromatic N) is 2. The van der Waals surface area contributed by atoms with E-state index in [1.807, 2.05) is 42.1 Å². The highest BCUT2D eigenvalue weighted by molar-refractivity contribution is 9.10. The molecule has 0 atom stereocenters. The Balaban J connectivity index is 2.50. The van der Waals surface area contributed by atoms with Crippen LogP contribution in [0.1, 0.15) is 11.3 Å². The molecular weight excluding hydrogens is 254 g/mol. The first kappa shape index (κ1) is 10.4. The summed E-state index contributed by atoms with van der Waals surface area (Å²) in [6.07, 6.45) is 1.97. The predicted octanol–water partition coefficient (Wildman–Crippen LogP) is 2.40. The van der Waals surface area contributed by atoms with Crippen LogP contribution in [0, 0.1) is 6.92 Å². The summed E-state index contributed by atoms with van der Waals surface area (Å²) in [6.45, 7) is 2.49. The average Bonchev–Trinajstić information content (AvgIpc) is 2.60. The van der Waals surface area contributed by atoms with E-state index in [0.29, 0.717) is 6.54 Å². The SMILES string of the molecule is Cc1nn(-c2ccccc2Br)cc1CN. The maximum atomic E-state index is 5.62. The summed E-state index contributed by atoms with van der Waals surface area (Å²) in [5.41, 5.74) is 8.70. The van der Waals surface area contributed by atoms with Crippen LogP contribution in [0.2, 0.25) is 0 Å². The molecule has 0 aliphatic heterocycles. The van der Waals surface area contributed by atoms with Gasteiger partial charge in [-0.25, -0.2) is 4.68 Å². The van der Waals surface area contributed by atoms with Crippen molar-refractivity contribution in [3.8, 4) is 5.69 Å². The largest absolute Gasteiger partial charge is 0.326 e. The molecule has 4 heteroatoms. The van der Waals surface area contributed by atoms with E-state index in [1.165, 1.54) is 0 Å². The zero-order valence-corrected chi connectivity index (χ0v) is 10.0. The van der Waals surface area contributed by atoms with Crippen molar-refractivity contribution in [2.24, 2.45) is 5.73 Å². The normalized spacial score (nSPS) is 10.6. The molecule has 1 heterocycles. The molecule has 0 amide bonds. The number of halogens is 1. The van der Waals surface area contributed by atoms with Crippen molar-refractivity contribution in [1.29, 1.82) is 0 Å². The monoisotopic (exact) mass is 265 g/mol. The third kappa shape index (κ3) is 1.96. The molecule has 78 valence electrons. The summed E-state index contributed by atoms with van der Waals surface area (Å²) in [5, 5.41) is 4.42. The lowest BCUT2D eigenvalue weighted by atomic mass is 10.3. The van der Waals surface area contributed by atoms with E-state index in [2.05, 4.69) is 21.0 Å². The van der Waals surface area contributed by atoms with Crippen LogP contribution in [0.25, 0.3) is 5.69 Å². The zero-order valence-electron chi connectivity index (χ0n) is 8.44. The van der Waals surface area contributed by atoms with E-state index in [9.17, 15) is 0 Å². The number of benzene rings is 1. The Morgan fingerprint density at radius 1 is 1.40 bits per heavy atom. The molecular formula is C11H12BrN3. The van der Waals surface area contributed by atoms with Gasteiger partial charge in [0.15, 0.2) is 0 Å². The highest BCUT2D eigenvalue weighted by Gasteiger charge is 2.06. The van der Waals surface area contributed by atoms with Gasteiger partial charge in [0.05, 0.1) is 11.4 Å². The van der Waals surface area contributed by atoms with Crippen molar-refractivity contribution < 1.29 is 0 Å². The van der Waals surface area contributed by atoms with Crippen LogP contribution < -0.4 is 5.73 Å². The van der Waals surface area contributed by atoms with Gasteiger partial charge in [-0.3, -0.25) is 0 Å². The summed E-state index contributed by atoms with van der Waals surface area (Å²) in [4.78, 5) is 0. The van der Waals surface area contributed by atoms with Crippen molar-refractivity contribution in [1.82, 2.24) is 9.78 Å². The van der Waals surface area contributed by atoms with Crippen LogP contribution in [-0.4, -0.2) is 9.78 Å². The number of nitrogens with two attached hydrogens (primary N) is 1. The molecule has 2 aromatic rings. The minimum atomic E-state index is 0.524. The van der Waals surface area contributed by atoms with Crippen molar-refractivity contribution in [2.75, 3.05) is 0 Å². The standard InChI is InChI=1S/C11H12BrN3/c1-8-9(6-13)7-15(14-8)11-5-3-2-4-10(11)12/h2-5,7H,6,13H2,1H3. The van der Waals surface area contributed by atoms with Gasteiger partial charge in [-0.1, -0.05) is 12.1 Å². The molecule has 0 bridgehead atoms. The number of rotatable bonds is 2. The molecule has 0 saturated carbocycles. The minimum Gasteiger partial charge on any atom is -0.326 e. The molecule has 0 unspecified atom stereocenters. The number of aromatic nitrogens is 2. The van der Waals surface area contributed by atoms with Crippen LogP contribution in [-0.2, 0) is 6.54 Å². The van der Waals surface area contributed by atoms with Gasteiger partial charge in [0, 0.05) is 22.8 Å². The molecule has 1 aromatic carbocycles. The van der Waals surface area contributed by atoms with E-state index in [4.69, 9.17) is 5.73 Å². The Morgan fingerprint density at radius 3 is 2.73 bits per heavy atom. The van der Waals surface area contributed by atoms with Gasteiger partial charge in [0.1, 0.15) is 0 Å². The van der Waals surface area contributed by atoms with E-state index in [-0.39, 0.29) is 0 Å². The van der Waals surface area contributed by atoms with E-state index < -0.39 is 0 Å². The maximum Gasteiger partial charge on any atom is 0.0787 e. The second-order valence-electron chi connectivity index (χ2n) is 3.34. The topological polar surface area (TPSA) is 43.8 Å². The Hall–Kier alpha value is -1.13. The Kier molecular flexibility index (Phi) is 2.88. The van der Waals surface area contributed by atoms with Crippen LogP contribution in [0.15, 0.2) is 34.9 Å². The Bertz CT molecular complexity index is 476. The number of para-hydroxylation sites is 1. The molecule has 1 aromatic heterocycles. The van der Waals surface area contributed by atoms with E-state index in [1.54, 1.807) is 0 Å². The van der Waals surface area contributed by atoms with Crippen molar-refractivity contribution in [3.63, 3.8) is 0 Å². The average molecular weight is 266 g/mol. The summed E-state index contributed by atoms with van der Waals surface area (Å²) in [5.74, 6) is 0. The lowest BCUT2D eigenvalue weighted by Crippen LogP contribution is -1.96. The minimum absolute atomic E-state index is 0.524. The molecule has 2 rings (SSSR count). The molecule has 2 N–H and O–H groups in total. The molecule has 0 saturated heterocycles. The first-order valence-corrected chi connectivity index (χ1v) is 5.52. The smallest absolute Gasteiger partial charge is 0.0787 e. The van der Waals surface area contributed by atoms with Crippen molar-refractivity contribution >= 4 is 15.9 Å². The van der Waals surface area contributed by atoms with Gasteiger partial charge in [-0.15, -0.1) is 0 Å². The molecule has 15 heavy (non-hydrogen) atoms. The quantitative estimate of drug-likeness (QED) is 0.907. The Morgan fingerprint density at radius 2 is 2.13 bits per heavy atom. The Labute approximate surface area is 97.0 Å². The predicted molar refractivity (Wildman–Crippen MR) is 63.9 cm³/mol. The molecule has 0 spiro atoms. The highest BCUT2D eigenvalue weighted by atomic mass is 79.9. The molecule has 0 fully saturated rings. The van der Waals surface area contributed by atoms with Crippen LogP contribution >= 0.6 is 15.9 Å². The number of hydrogen-bond acceptors (Lipinski definition) is 2. The summed E-state index contributed by atoms with van der Waals surface area (Å²) >= 11 is 3.50. The van der Waals surface area contributed by atoms with Crippen LogP contribution in [0.4, 0.5) is 0 Å². The number of hydrogen-bond donors (Lipinski definition) is 1. The lowest BCUT2D eigenvalue weighted by Gasteiger charge is -2.02. The summed E-state index contributed by atoms with van der Waals surface area (Å²) < 4.78 is 2.87. The lowest BCUT2D eigenvalue weighted by molar-refractivity contribution is 0.859. The third-order valence-electron chi connectivity index (χ3n) is 2.32. The van der Waals surface area contributed by atoms with E-state index in [0.717, 1.165) is 21.4 Å². The molecule has 0 radical (unpaired) electrons. The van der Waals surface area contributed by atoms with Gasteiger partial charge >= 0.3 is 0 Å². The first-order valence-electron chi connectivity index (χ1n) is 4.72. The van der Waals surface area contributed by atoms with Crippen molar-refractivity contribution in [2.45, 2.75) is 13.5 Å². The fourth-order valence-electron chi connectivity index (χ4n) is 1.46. The van der Waals surface area contributed by atoms with E-state index >= 15 is 0 Å². The van der Waals surface area contributed by atoms with Gasteiger partial charge < -0.3 is 5.73 Å². The first-order chi connectivity index (χ1) is 7.22. The second kappa shape index (κ2) is 4.16. The summed E-state index contributed by atoms with van der Waals surface area (Å²) in [6, 6.07) is 7.97.